The van der Waals surface area contributed by atoms with Crippen LogP contribution in [0.25, 0.3) is 0 Å². The number of hydrogen-bond donors (Lipinski definition) is 2. The van der Waals surface area contributed by atoms with Gasteiger partial charge in [0.1, 0.15) is 0 Å². The molecule has 1 saturated heterocycles. The molecular weight excluding hydrogens is 306 g/mol. The van der Waals surface area contributed by atoms with Crippen molar-refractivity contribution in [2.24, 2.45) is 0 Å². The van der Waals surface area contributed by atoms with Crippen LogP contribution in [-0.4, -0.2) is 48.0 Å². The molecule has 0 aliphatic carbocycles. The summed E-state index contributed by atoms with van der Waals surface area (Å²) in [6.07, 6.45) is 4.87. The summed E-state index contributed by atoms with van der Waals surface area (Å²) in [5.41, 5.74) is 0.167. The van der Waals surface area contributed by atoms with Crippen LogP contribution in [0.2, 0.25) is 5.02 Å². The molecule has 0 unspecified atom stereocenters. The van der Waals surface area contributed by atoms with Gasteiger partial charge in [0, 0.05) is 33.1 Å². The van der Waals surface area contributed by atoms with E-state index in [1.54, 1.807) is 0 Å². The molecule has 22 heavy (non-hydrogen) atoms. The molecule has 1 aliphatic rings. The third kappa shape index (κ3) is 4.56. The third-order valence-electron chi connectivity index (χ3n) is 3.37. The highest BCUT2D eigenvalue weighted by Crippen LogP contribution is 2.19. The van der Waals surface area contributed by atoms with Gasteiger partial charge in [0.05, 0.1) is 11.2 Å². The van der Waals surface area contributed by atoms with Gasteiger partial charge in [0.2, 0.25) is 11.9 Å². The lowest BCUT2D eigenvalue weighted by Crippen LogP contribution is -2.35. The number of aromatic nitrogens is 2. The Labute approximate surface area is 134 Å². The molecule has 1 aliphatic heterocycles. The normalized spacial score (nSPS) is 14.5. The van der Waals surface area contributed by atoms with Crippen LogP contribution in [0.1, 0.15) is 36.7 Å². The minimum atomic E-state index is -0.365. The fourth-order valence-corrected chi connectivity index (χ4v) is 2.44. The van der Waals surface area contributed by atoms with Gasteiger partial charge in [-0.15, -0.1) is 0 Å². The average molecular weight is 326 g/mol. The molecule has 2 heterocycles. The predicted molar refractivity (Wildman–Crippen MR) is 84.1 cm³/mol. The predicted octanol–water partition coefficient (Wildman–Crippen LogP) is 0.986. The topological polar surface area (TPSA) is 87.2 Å². The van der Waals surface area contributed by atoms with Crippen LogP contribution in [0.3, 0.4) is 0 Å². The minimum Gasteiger partial charge on any atom is -0.355 e. The van der Waals surface area contributed by atoms with Crippen molar-refractivity contribution in [1.29, 1.82) is 0 Å². The quantitative estimate of drug-likeness (QED) is 0.788. The number of rotatable bonds is 5. The molecule has 7 nitrogen and oxygen atoms in total. The van der Waals surface area contributed by atoms with Crippen molar-refractivity contribution < 1.29 is 9.59 Å². The van der Waals surface area contributed by atoms with Gasteiger partial charge in [0.15, 0.2) is 5.69 Å². The second-order valence-corrected chi connectivity index (χ2v) is 5.56. The molecule has 0 bridgehead atoms. The van der Waals surface area contributed by atoms with E-state index < -0.39 is 0 Å². The molecular formula is C14H20ClN5O2. The van der Waals surface area contributed by atoms with Crippen molar-refractivity contribution in [1.82, 2.24) is 20.6 Å². The minimum absolute atomic E-state index is 0.137. The largest absolute Gasteiger partial charge is 0.355 e. The maximum absolute atomic E-state index is 12.1. The number of anilines is 1. The van der Waals surface area contributed by atoms with E-state index >= 15 is 0 Å². The molecule has 2 amide bonds. The zero-order valence-electron chi connectivity index (χ0n) is 12.6. The van der Waals surface area contributed by atoms with Crippen LogP contribution in [-0.2, 0) is 4.79 Å². The van der Waals surface area contributed by atoms with E-state index in [9.17, 15) is 9.59 Å². The maximum Gasteiger partial charge on any atom is 0.271 e. The molecule has 0 radical (unpaired) electrons. The molecule has 0 saturated carbocycles. The zero-order valence-corrected chi connectivity index (χ0v) is 13.3. The summed E-state index contributed by atoms with van der Waals surface area (Å²) in [5.74, 6) is 0.0359. The lowest BCUT2D eigenvalue weighted by molar-refractivity contribution is -0.118. The molecule has 2 rings (SSSR count). The Bertz CT molecular complexity index is 546. The van der Waals surface area contributed by atoms with Crippen LogP contribution in [0.15, 0.2) is 6.20 Å². The van der Waals surface area contributed by atoms with Gasteiger partial charge in [0.25, 0.3) is 5.91 Å². The zero-order chi connectivity index (χ0) is 15.9. The lowest BCUT2D eigenvalue weighted by atomic mass is 10.1. The molecule has 8 heteroatoms. The third-order valence-corrected chi connectivity index (χ3v) is 3.65. The Balaban J connectivity index is 1.99. The number of hydrogen-bond acceptors (Lipinski definition) is 5. The van der Waals surface area contributed by atoms with Crippen LogP contribution >= 0.6 is 11.6 Å². The highest BCUT2D eigenvalue weighted by atomic mass is 35.5. The standard InChI is InChI=1S/C14H20ClN5O2/c1-10(21)16-5-6-17-13(22)12-11(15)9-18-14(19-12)20-7-3-2-4-8-20/h9H,2-8H2,1H3,(H,16,21)(H,17,22). The summed E-state index contributed by atoms with van der Waals surface area (Å²) >= 11 is 6.02. The SMILES string of the molecule is CC(=O)NCCNC(=O)c1nc(N2CCCCC2)ncc1Cl. The highest BCUT2D eigenvalue weighted by molar-refractivity contribution is 6.33. The van der Waals surface area contributed by atoms with Gasteiger partial charge in [-0.1, -0.05) is 11.6 Å². The molecule has 1 fully saturated rings. The summed E-state index contributed by atoms with van der Waals surface area (Å²) < 4.78 is 0. The number of halogens is 1. The molecule has 0 atom stereocenters. The van der Waals surface area contributed by atoms with Crippen molar-refractivity contribution in [3.63, 3.8) is 0 Å². The van der Waals surface area contributed by atoms with E-state index in [2.05, 4.69) is 25.5 Å². The van der Waals surface area contributed by atoms with Crippen molar-refractivity contribution in [2.75, 3.05) is 31.1 Å². The molecule has 120 valence electrons. The van der Waals surface area contributed by atoms with Gasteiger partial charge in [-0.25, -0.2) is 9.97 Å². The molecule has 0 aromatic carbocycles. The van der Waals surface area contributed by atoms with Gasteiger partial charge >= 0.3 is 0 Å². The fourth-order valence-electron chi connectivity index (χ4n) is 2.26. The first-order valence-electron chi connectivity index (χ1n) is 7.38. The lowest BCUT2D eigenvalue weighted by Gasteiger charge is -2.26. The summed E-state index contributed by atoms with van der Waals surface area (Å²) in [6.45, 7) is 3.89. The van der Waals surface area contributed by atoms with Crippen molar-refractivity contribution >= 4 is 29.4 Å². The van der Waals surface area contributed by atoms with Crippen LogP contribution in [0.5, 0.6) is 0 Å². The van der Waals surface area contributed by atoms with Gasteiger partial charge < -0.3 is 15.5 Å². The first kappa shape index (κ1) is 16.5. The molecule has 1 aromatic heterocycles. The van der Waals surface area contributed by atoms with Crippen molar-refractivity contribution in [3.05, 3.63) is 16.9 Å². The number of amides is 2. The Hall–Kier alpha value is -1.89. The van der Waals surface area contributed by atoms with Crippen molar-refractivity contribution in [3.8, 4) is 0 Å². The number of carbonyl (C=O) groups is 2. The van der Waals surface area contributed by atoms with E-state index in [0.29, 0.717) is 19.0 Å². The Morgan fingerprint density at radius 3 is 2.59 bits per heavy atom. The first-order chi connectivity index (χ1) is 10.6. The monoisotopic (exact) mass is 325 g/mol. The second-order valence-electron chi connectivity index (χ2n) is 5.15. The Kier molecular flexibility index (Phi) is 5.94. The van der Waals surface area contributed by atoms with E-state index in [1.807, 2.05) is 0 Å². The maximum atomic E-state index is 12.1. The van der Waals surface area contributed by atoms with Gasteiger partial charge in [-0.05, 0) is 19.3 Å². The number of carbonyl (C=O) groups excluding carboxylic acids is 2. The summed E-state index contributed by atoms with van der Waals surface area (Å²) in [7, 11) is 0. The van der Waals surface area contributed by atoms with E-state index in [1.165, 1.54) is 19.5 Å². The molecule has 0 spiro atoms. The van der Waals surface area contributed by atoms with Gasteiger partial charge in [-0.2, -0.15) is 0 Å². The Morgan fingerprint density at radius 1 is 1.23 bits per heavy atom. The van der Waals surface area contributed by atoms with Crippen LogP contribution in [0, 0.1) is 0 Å². The number of nitrogens with one attached hydrogen (secondary N) is 2. The van der Waals surface area contributed by atoms with Crippen LogP contribution in [0.4, 0.5) is 5.95 Å². The van der Waals surface area contributed by atoms with Crippen LogP contribution < -0.4 is 15.5 Å². The number of nitrogens with zero attached hydrogens (tertiary/aromatic N) is 3. The molecule has 2 N–H and O–H groups in total. The fraction of sp³-hybridized carbons (Fsp3) is 0.571. The first-order valence-corrected chi connectivity index (χ1v) is 7.76. The average Bonchev–Trinajstić information content (AvgIpc) is 2.52. The Morgan fingerprint density at radius 2 is 1.91 bits per heavy atom. The summed E-state index contributed by atoms with van der Waals surface area (Å²) in [5, 5.41) is 5.50. The highest BCUT2D eigenvalue weighted by Gasteiger charge is 2.18. The van der Waals surface area contributed by atoms with Crippen molar-refractivity contribution in [2.45, 2.75) is 26.2 Å². The summed E-state index contributed by atoms with van der Waals surface area (Å²) in [4.78, 5) is 33.5. The summed E-state index contributed by atoms with van der Waals surface area (Å²) in [6, 6.07) is 0. The second kappa shape index (κ2) is 7.93. The smallest absolute Gasteiger partial charge is 0.271 e. The van der Waals surface area contributed by atoms with E-state index in [4.69, 9.17) is 11.6 Å². The van der Waals surface area contributed by atoms with E-state index in [-0.39, 0.29) is 22.5 Å². The van der Waals surface area contributed by atoms with E-state index in [0.717, 1.165) is 25.9 Å². The molecule has 1 aromatic rings. The number of piperidine rings is 1. The van der Waals surface area contributed by atoms with Gasteiger partial charge in [-0.3, -0.25) is 9.59 Å².